The van der Waals surface area contributed by atoms with Crippen LogP contribution in [-0.2, 0) is 4.79 Å². The minimum absolute atomic E-state index is 0.0414. The summed E-state index contributed by atoms with van der Waals surface area (Å²) in [6.07, 6.45) is 17.3. The second kappa shape index (κ2) is 10.3. The highest BCUT2D eigenvalue weighted by Gasteiger charge is 2.64. The van der Waals surface area contributed by atoms with Gasteiger partial charge in [-0.25, -0.2) is 0 Å². The van der Waals surface area contributed by atoms with Crippen molar-refractivity contribution in [1.29, 1.82) is 0 Å². The first-order chi connectivity index (χ1) is 20.2. The van der Waals surface area contributed by atoms with Gasteiger partial charge in [0.15, 0.2) is 6.54 Å². The third-order valence-corrected chi connectivity index (χ3v) is 10.9. The molecule has 2 aliphatic heterocycles. The molecule has 4 aliphatic carbocycles. The van der Waals surface area contributed by atoms with Gasteiger partial charge in [-0.3, -0.25) is 14.6 Å². The fraction of sp³-hybridized carbons (Fsp3) is 0.472. The zero-order valence-corrected chi connectivity index (χ0v) is 24.9. The molecule has 0 saturated heterocycles. The first kappa shape index (κ1) is 27.8. The SMILES string of the molecule is C=C(C1CC=CCC1)[N+]1(C)CC(=O)C2=C1CCN2C(O)C1(NC(O)c2ccccc2)CC1C1=CCC(C2=CC2C)C=C1. The van der Waals surface area contributed by atoms with Crippen LogP contribution in [0.2, 0.25) is 0 Å². The van der Waals surface area contributed by atoms with Gasteiger partial charge < -0.3 is 15.1 Å². The monoisotopic (exact) mass is 566 g/mol. The molecule has 8 unspecified atom stereocenters. The van der Waals surface area contributed by atoms with Crippen LogP contribution in [0, 0.1) is 23.7 Å². The smallest absolute Gasteiger partial charge is 0.239 e. The van der Waals surface area contributed by atoms with Crippen LogP contribution >= 0.6 is 0 Å². The summed E-state index contributed by atoms with van der Waals surface area (Å²) in [5.74, 6) is 1.56. The summed E-state index contributed by atoms with van der Waals surface area (Å²) < 4.78 is 0.468. The quantitative estimate of drug-likeness (QED) is 0.217. The van der Waals surface area contributed by atoms with Crippen LogP contribution in [0.25, 0.3) is 0 Å². The van der Waals surface area contributed by atoms with Crippen molar-refractivity contribution in [2.45, 2.75) is 63.4 Å². The number of allylic oxidation sites excluding steroid dienone is 8. The zero-order valence-electron chi connectivity index (χ0n) is 24.9. The number of Topliss-reactive ketones (excluding diaryl/α,β-unsaturated/α-hetero) is 1. The highest BCUT2D eigenvalue weighted by molar-refractivity contribution is 5.98. The molecule has 220 valence electrons. The van der Waals surface area contributed by atoms with Gasteiger partial charge in [0.1, 0.15) is 29.5 Å². The lowest BCUT2D eigenvalue weighted by molar-refractivity contribution is -0.826. The highest BCUT2D eigenvalue weighted by Crippen LogP contribution is 2.56. The molecule has 7 rings (SSSR count). The Kier molecular flexibility index (Phi) is 6.82. The molecule has 0 bridgehead atoms. The van der Waals surface area contributed by atoms with E-state index in [1.54, 1.807) is 0 Å². The van der Waals surface area contributed by atoms with Gasteiger partial charge in [0.2, 0.25) is 5.78 Å². The van der Waals surface area contributed by atoms with Gasteiger partial charge in [-0.15, -0.1) is 0 Å². The van der Waals surface area contributed by atoms with Gasteiger partial charge in [-0.2, -0.15) is 0 Å². The van der Waals surface area contributed by atoms with Crippen LogP contribution in [-0.4, -0.2) is 57.3 Å². The van der Waals surface area contributed by atoms with Crippen molar-refractivity contribution in [2.24, 2.45) is 23.7 Å². The van der Waals surface area contributed by atoms with Crippen molar-refractivity contribution in [3.05, 3.63) is 107 Å². The normalized spacial score (nSPS) is 36.5. The topological polar surface area (TPSA) is 72.8 Å². The number of hydrogen-bond donors (Lipinski definition) is 3. The van der Waals surface area contributed by atoms with E-state index in [4.69, 9.17) is 0 Å². The van der Waals surface area contributed by atoms with Crippen molar-refractivity contribution >= 4 is 5.78 Å². The summed E-state index contributed by atoms with van der Waals surface area (Å²) in [4.78, 5) is 15.6. The van der Waals surface area contributed by atoms with E-state index in [0.29, 0.717) is 47.4 Å². The number of likely N-dealkylation sites (N-methyl/N-ethyl adjacent to an activating group) is 1. The lowest BCUT2D eigenvalue weighted by atomic mass is 9.90. The molecule has 1 aromatic carbocycles. The first-order valence-corrected chi connectivity index (χ1v) is 15.7. The van der Waals surface area contributed by atoms with Crippen molar-refractivity contribution in [3.63, 3.8) is 0 Å². The van der Waals surface area contributed by atoms with E-state index >= 15 is 0 Å². The molecule has 1 fully saturated rings. The van der Waals surface area contributed by atoms with Crippen molar-refractivity contribution in [1.82, 2.24) is 10.2 Å². The zero-order chi connectivity index (χ0) is 29.2. The molecule has 0 amide bonds. The van der Waals surface area contributed by atoms with Gasteiger partial charge in [-0.05, 0) is 55.7 Å². The second-order valence-electron chi connectivity index (χ2n) is 13.5. The molecular weight excluding hydrogens is 522 g/mol. The Hall–Kier alpha value is -3.03. The van der Waals surface area contributed by atoms with Gasteiger partial charge in [-0.1, -0.05) is 79.3 Å². The Morgan fingerprint density at radius 1 is 1.19 bits per heavy atom. The maximum atomic E-state index is 13.7. The van der Waals surface area contributed by atoms with E-state index in [9.17, 15) is 15.0 Å². The molecule has 3 N–H and O–H groups in total. The summed E-state index contributed by atoms with van der Waals surface area (Å²) in [5, 5.41) is 27.0. The summed E-state index contributed by atoms with van der Waals surface area (Å²) in [6.45, 7) is 7.74. The Balaban J connectivity index is 1.17. The maximum absolute atomic E-state index is 13.7. The third-order valence-electron chi connectivity index (χ3n) is 10.9. The van der Waals surface area contributed by atoms with Gasteiger partial charge in [0, 0.05) is 30.7 Å². The first-order valence-electron chi connectivity index (χ1n) is 15.7. The molecule has 0 aromatic heterocycles. The van der Waals surface area contributed by atoms with Crippen LogP contribution in [0.4, 0.5) is 0 Å². The highest BCUT2D eigenvalue weighted by atomic mass is 16.3. The van der Waals surface area contributed by atoms with E-state index in [1.807, 2.05) is 35.2 Å². The average molecular weight is 567 g/mol. The van der Waals surface area contributed by atoms with Crippen LogP contribution in [0.3, 0.4) is 0 Å². The number of hydrogen-bond acceptors (Lipinski definition) is 5. The van der Waals surface area contributed by atoms with Gasteiger partial charge in [0.25, 0.3) is 0 Å². The molecule has 6 aliphatic rings. The number of aliphatic hydroxyl groups excluding tert-OH is 2. The Morgan fingerprint density at radius 2 is 1.98 bits per heavy atom. The number of carbonyl (C=O) groups excluding carboxylic acids is 1. The Labute approximate surface area is 249 Å². The molecule has 8 atom stereocenters. The van der Waals surface area contributed by atoms with Crippen LogP contribution in [0.15, 0.2) is 102 Å². The minimum Gasteiger partial charge on any atom is -0.374 e. The molecule has 0 radical (unpaired) electrons. The third kappa shape index (κ3) is 4.51. The number of quaternary nitrogens is 1. The number of ketones is 1. The lowest BCUT2D eigenvalue weighted by Gasteiger charge is -2.36. The van der Waals surface area contributed by atoms with Crippen molar-refractivity contribution < 1.29 is 19.5 Å². The van der Waals surface area contributed by atoms with E-state index in [1.165, 1.54) is 11.1 Å². The largest absolute Gasteiger partial charge is 0.374 e. The molecule has 6 heteroatoms. The van der Waals surface area contributed by atoms with Gasteiger partial charge in [0.05, 0.1) is 12.6 Å². The second-order valence-corrected chi connectivity index (χ2v) is 13.5. The van der Waals surface area contributed by atoms with Crippen LogP contribution in [0.1, 0.15) is 57.2 Å². The number of nitrogens with zero attached hydrogens (tertiary/aromatic N) is 2. The Bertz CT molecular complexity index is 1450. The molecule has 6 nitrogen and oxygen atoms in total. The molecule has 0 spiro atoms. The fourth-order valence-electron chi connectivity index (χ4n) is 8.21. The molecule has 1 aromatic rings. The number of carbonyl (C=O) groups is 1. The summed E-state index contributed by atoms with van der Waals surface area (Å²) >= 11 is 0. The van der Waals surface area contributed by atoms with Crippen LogP contribution in [0.5, 0.6) is 0 Å². The lowest BCUT2D eigenvalue weighted by Crippen LogP contribution is -2.54. The van der Waals surface area contributed by atoms with E-state index in [2.05, 4.69) is 62.3 Å². The predicted molar refractivity (Wildman–Crippen MR) is 164 cm³/mol. The maximum Gasteiger partial charge on any atom is 0.239 e. The number of nitrogens with one attached hydrogen (secondary N) is 1. The van der Waals surface area contributed by atoms with E-state index in [0.717, 1.165) is 49.1 Å². The minimum atomic E-state index is -0.951. The number of benzene rings is 1. The summed E-state index contributed by atoms with van der Waals surface area (Å²) in [6, 6.07) is 9.56. The van der Waals surface area contributed by atoms with Crippen molar-refractivity contribution in [2.75, 3.05) is 20.1 Å². The predicted octanol–water partition coefficient (Wildman–Crippen LogP) is 5.24. The summed E-state index contributed by atoms with van der Waals surface area (Å²) in [5.41, 5.74) is 5.57. The number of rotatable bonds is 9. The molecular formula is C36H44N3O3+. The average Bonchev–Trinajstić information content (AvgIpc) is 3.85. The summed E-state index contributed by atoms with van der Waals surface area (Å²) in [7, 11) is 2.13. The van der Waals surface area contributed by atoms with Gasteiger partial charge >= 0.3 is 0 Å². The fourth-order valence-corrected chi connectivity index (χ4v) is 8.21. The number of aliphatic hydroxyl groups is 2. The van der Waals surface area contributed by atoms with E-state index in [-0.39, 0.29) is 11.7 Å². The van der Waals surface area contributed by atoms with E-state index < -0.39 is 18.0 Å². The van der Waals surface area contributed by atoms with Crippen molar-refractivity contribution in [3.8, 4) is 0 Å². The van der Waals surface area contributed by atoms with Crippen LogP contribution < -0.4 is 5.32 Å². The standard InChI is InChI=1S/C36H44N3O3/c1-23-20-29(23)26-14-16-27(17-15-26)30-21-36(30,37-34(41)28-12-8-5-9-13-28)35(42)38-19-18-31-33(38)32(40)22-39(31,3)24(2)25-10-6-4-7-11-25/h4-6,8-9,12-14,16-17,20,23,25-26,30,34-35,37,41-42H,2,7,10-11,15,18-19,21-22H2,1,3H3/q+1. The Morgan fingerprint density at radius 3 is 2.64 bits per heavy atom. The molecule has 42 heavy (non-hydrogen) atoms. The molecule has 1 saturated carbocycles. The molecule has 2 heterocycles.